The van der Waals surface area contributed by atoms with Crippen LogP contribution in [0.1, 0.15) is 5.56 Å². The minimum absolute atomic E-state index is 0.558. The summed E-state index contributed by atoms with van der Waals surface area (Å²) in [5.74, 6) is 1.43. The van der Waals surface area contributed by atoms with E-state index >= 15 is 0 Å². The first-order valence-electron chi connectivity index (χ1n) is 3.59. The molecule has 0 amide bonds. The second kappa shape index (κ2) is 5.22. The molecule has 0 aliphatic rings. The summed E-state index contributed by atoms with van der Waals surface area (Å²) in [5.41, 5.74) is 1.20. The van der Waals surface area contributed by atoms with Gasteiger partial charge in [-0.05, 0) is 17.7 Å². The lowest BCUT2D eigenvalue weighted by Crippen LogP contribution is -1.82. The molecule has 0 heterocycles. The highest BCUT2D eigenvalue weighted by Crippen LogP contribution is 2.14. The van der Waals surface area contributed by atoms with Gasteiger partial charge in [0.2, 0.25) is 0 Å². The minimum Gasteiger partial charge on any atom is -0.302 e. The van der Waals surface area contributed by atoms with Crippen molar-refractivity contribution in [3.63, 3.8) is 0 Å². The molecule has 1 rings (SSSR count). The van der Waals surface area contributed by atoms with Crippen LogP contribution in [0, 0.1) is 0 Å². The Morgan fingerprint density at radius 3 is 2.58 bits per heavy atom. The molecule has 3 heteroatoms. The summed E-state index contributed by atoms with van der Waals surface area (Å²) in [7, 11) is 0. The summed E-state index contributed by atoms with van der Waals surface area (Å²) in [5, 5.41) is 0.749. The van der Waals surface area contributed by atoms with E-state index in [4.69, 9.17) is 11.6 Å². The molecule has 12 heavy (non-hydrogen) atoms. The van der Waals surface area contributed by atoms with E-state index in [1.54, 1.807) is 11.8 Å². The van der Waals surface area contributed by atoms with Gasteiger partial charge in [0.15, 0.2) is 0 Å². The van der Waals surface area contributed by atoms with Gasteiger partial charge in [0.25, 0.3) is 0 Å². The van der Waals surface area contributed by atoms with Gasteiger partial charge in [-0.1, -0.05) is 23.7 Å². The van der Waals surface area contributed by atoms with Gasteiger partial charge in [-0.3, -0.25) is 0 Å². The topological polar surface area (TPSA) is 17.1 Å². The minimum atomic E-state index is 0.558. The van der Waals surface area contributed by atoms with Crippen molar-refractivity contribution in [2.45, 2.75) is 5.75 Å². The van der Waals surface area contributed by atoms with Gasteiger partial charge >= 0.3 is 0 Å². The molecule has 0 fully saturated rings. The SMILES string of the molecule is O=CCSCc1ccc(Cl)cc1. The largest absolute Gasteiger partial charge is 0.302 e. The molecule has 0 aromatic heterocycles. The highest BCUT2D eigenvalue weighted by atomic mass is 35.5. The number of rotatable bonds is 4. The molecule has 1 nitrogen and oxygen atoms in total. The first-order chi connectivity index (χ1) is 5.83. The molecule has 0 aliphatic carbocycles. The Morgan fingerprint density at radius 1 is 1.33 bits per heavy atom. The maximum atomic E-state index is 10.0. The van der Waals surface area contributed by atoms with Crippen LogP contribution in [0.3, 0.4) is 0 Å². The van der Waals surface area contributed by atoms with Crippen LogP contribution in [0.2, 0.25) is 5.02 Å². The van der Waals surface area contributed by atoms with E-state index in [9.17, 15) is 4.79 Å². The summed E-state index contributed by atoms with van der Waals surface area (Å²) in [4.78, 5) is 10.0. The number of aldehydes is 1. The molecule has 0 saturated carbocycles. The number of carbonyl (C=O) groups excluding carboxylic acids is 1. The Morgan fingerprint density at radius 2 is 2.00 bits per heavy atom. The lowest BCUT2D eigenvalue weighted by atomic mass is 10.2. The maximum absolute atomic E-state index is 10.0. The van der Waals surface area contributed by atoms with E-state index in [0.29, 0.717) is 5.75 Å². The zero-order chi connectivity index (χ0) is 8.81. The normalized spacial score (nSPS) is 9.75. The van der Waals surface area contributed by atoms with Crippen LogP contribution in [-0.2, 0) is 10.5 Å². The lowest BCUT2D eigenvalue weighted by Gasteiger charge is -1.97. The number of thioether (sulfide) groups is 1. The van der Waals surface area contributed by atoms with Crippen LogP contribution in [-0.4, -0.2) is 12.0 Å². The summed E-state index contributed by atoms with van der Waals surface area (Å²) >= 11 is 7.31. The highest BCUT2D eigenvalue weighted by molar-refractivity contribution is 7.99. The molecule has 1 aromatic carbocycles. The molecule has 0 spiro atoms. The van der Waals surface area contributed by atoms with Crippen LogP contribution >= 0.6 is 23.4 Å². The molecular formula is C9H9ClOS. The van der Waals surface area contributed by atoms with Crippen molar-refractivity contribution in [3.05, 3.63) is 34.9 Å². The van der Waals surface area contributed by atoms with Gasteiger partial charge in [-0.15, -0.1) is 11.8 Å². The van der Waals surface area contributed by atoms with E-state index in [1.165, 1.54) is 5.56 Å². The van der Waals surface area contributed by atoms with Gasteiger partial charge in [0.1, 0.15) is 6.29 Å². The highest BCUT2D eigenvalue weighted by Gasteiger charge is 1.92. The van der Waals surface area contributed by atoms with Gasteiger partial charge in [-0.25, -0.2) is 0 Å². The van der Waals surface area contributed by atoms with E-state index in [-0.39, 0.29) is 0 Å². The molecule has 1 aromatic rings. The van der Waals surface area contributed by atoms with Crippen molar-refractivity contribution in [2.75, 3.05) is 5.75 Å². The third-order valence-electron chi connectivity index (χ3n) is 1.37. The smallest absolute Gasteiger partial charge is 0.129 e. The fourth-order valence-corrected chi connectivity index (χ4v) is 1.57. The summed E-state index contributed by atoms with van der Waals surface area (Å²) < 4.78 is 0. The van der Waals surface area contributed by atoms with Crippen LogP contribution in [0.25, 0.3) is 0 Å². The summed E-state index contributed by atoms with van der Waals surface area (Å²) in [6.07, 6.45) is 0.917. The van der Waals surface area contributed by atoms with E-state index in [0.717, 1.165) is 17.1 Å². The van der Waals surface area contributed by atoms with Crippen molar-refractivity contribution in [1.29, 1.82) is 0 Å². The number of benzene rings is 1. The van der Waals surface area contributed by atoms with Crippen molar-refractivity contribution in [1.82, 2.24) is 0 Å². The maximum Gasteiger partial charge on any atom is 0.129 e. The van der Waals surface area contributed by atoms with Gasteiger partial charge in [-0.2, -0.15) is 0 Å². The van der Waals surface area contributed by atoms with Crippen molar-refractivity contribution >= 4 is 29.6 Å². The fraction of sp³-hybridized carbons (Fsp3) is 0.222. The molecule has 64 valence electrons. The van der Waals surface area contributed by atoms with Crippen molar-refractivity contribution < 1.29 is 4.79 Å². The molecule has 0 radical (unpaired) electrons. The first kappa shape index (κ1) is 9.62. The molecule has 0 saturated heterocycles. The number of halogens is 1. The van der Waals surface area contributed by atoms with Gasteiger partial charge in [0.05, 0.1) is 0 Å². The third kappa shape index (κ3) is 3.28. The van der Waals surface area contributed by atoms with E-state index in [1.807, 2.05) is 24.3 Å². The Bertz CT molecular complexity index is 245. The quantitative estimate of drug-likeness (QED) is 0.549. The average molecular weight is 201 g/mol. The summed E-state index contributed by atoms with van der Waals surface area (Å²) in [6.45, 7) is 0. The Balaban J connectivity index is 2.42. The number of carbonyl (C=O) groups is 1. The van der Waals surface area contributed by atoms with Crippen LogP contribution in [0.5, 0.6) is 0 Å². The standard InChI is InChI=1S/C9H9ClOS/c10-9-3-1-8(2-4-9)7-12-6-5-11/h1-5H,6-7H2. The molecule has 0 aliphatic heterocycles. The zero-order valence-electron chi connectivity index (χ0n) is 6.50. The molecule has 0 bridgehead atoms. The fourth-order valence-electron chi connectivity index (χ4n) is 0.806. The van der Waals surface area contributed by atoms with Crippen molar-refractivity contribution in [2.24, 2.45) is 0 Å². The second-order valence-corrected chi connectivity index (χ2v) is 3.77. The third-order valence-corrected chi connectivity index (χ3v) is 2.53. The molecular weight excluding hydrogens is 192 g/mol. The lowest BCUT2D eigenvalue weighted by molar-refractivity contribution is -0.105. The second-order valence-electron chi connectivity index (χ2n) is 2.31. The molecule has 0 unspecified atom stereocenters. The molecule has 0 atom stereocenters. The number of hydrogen-bond acceptors (Lipinski definition) is 2. The van der Waals surface area contributed by atoms with Crippen LogP contribution in [0.15, 0.2) is 24.3 Å². The van der Waals surface area contributed by atoms with Crippen LogP contribution in [0.4, 0.5) is 0 Å². The summed E-state index contributed by atoms with van der Waals surface area (Å²) in [6, 6.07) is 7.66. The first-order valence-corrected chi connectivity index (χ1v) is 5.12. The molecule has 0 N–H and O–H groups in total. The van der Waals surface area contributed by atoms with Gasteiger partial charge < -0.3 is 4.79 Å². The Hall–Kier alpha value is -0.470. The monoisotopic (exact) mass is 200 g/mol. The van der Waals surface area contributed by atoms with Crippen LogP contribution < -0.4 is 0 Å². The van der Waals surface area contributed by atoms with E-state index < -0.39 is 0 Å². The average Bonchev–Trinajstić information content (AvgIpc) is 2.09. The predicted octanol–water partition coefficient (Wildman–Crippen LogP) is 2.77. The Kier molecular flexibility index (Phi) is 4.19. The zero-order valence-corrected chi connectivity index (χ0v) is 8.07. The van der Waals surface area contributed by atoms with E-state index in [2.05, 4.69) is 0 Å². The van der Waals surface area contributed by atoms with Crippen molar-refractivity contribution in [3.8, 4) is 0 Å². The number of hydrogen-bond donors (Lipinski definition) is 0. The predicted molar refractivity (Wildman–Crippen MR) is 53.7 cm³/mol. The Labute approximate surface area is 81.1 Å². The van der Waals surface area contributed by atoms with Gasteiger partial charge in [0, 0.05) is 16.5 Å².